The van der Waals surface area contributed by atoms with Crippen LogP contribution in [-0.2, 0) is 57.3 Å². The Balaban J connectivity index is 1.34. The summed E-state index contributed by atoms with van der Waals surface area (Å²) < 4.78 is 34.6. The van der Waals surface area contributed by atoms with Crippen molar-refractivity contribution >= 4 is 41.2 Å². The van der Waals surface area contributed by atoms with E-state index in [1.54, 1.807) is 19.1 Å². The molecule has 3 aromatic rings. The molecule has 1 aromatic heterocycles. The van der Waals surface area contributed by atoms with Crippen molar-refractivity contribution in [2.45, 2.75) is 101 Å². The average molecular weight is 684 g/mol. The number of urea groups is 1. The minimum atomic E-state index is -3.38. The average Bonchev–Trinajstić information content (AvgIpc) is 3.76. The van der Waals surface area contributed by atoms with Crippen LogP contribution in [0.3, 0.4) is 0 Å². The fourth-order valence-electron chi connectivity index (χ4n) is 5.81. The number of nitrogens with one attached hydrogen (secondary N) is 2. The number of nitrogens with zero attached hydrogens (tertiary/aromatic N) is 1. The highest BCUT2D eigenvalue weighted by molar-refractivity contribution is 7.95. The van der Waals surface area contributed by atoms with E-state index in [0.29, 0.717) is 28.9 Å². The Labute approximate surface area is 279 Å². The molecule has 8 nitrogen and oxygen atoms in total. The quantitative estimate of drug-likeness (QED) is 0.134. The number of thiophene rings is 1. The molecule has 1 heterocycles. The van der Waals surface area contributed by atoms with E-state index in [1.807, 2.05) is 30.3 Å². The van der Waals surface area contributed by atoms with Crippen molar-refractivity contribution in [1.82, 2.24) is 4.39 Å². The third-order valence-corrected chi connectivity index (χ3v) is 19.5. The van der Waals surface area contributed by atoms with Gasteiger partial charge in [0.15, 0.2) is 0 Å². The summed E-state index contributed by atoms with van der Waals surface area (Å²) in [6.45, 7) is 13.5. The summed E-state index contributed by atoms with van der Waals surface area (Å²) in [5.41, 5.74) is 5.67. The van der Waals surface area contributed by atoms with Crippen molar-refractivity contribution in [3.05, 3.63) is 81.2 Å². The topological polar surface area (TPSA) is 109 Å². The monoisotopic (exact) mass is 683 g/mol. The van der Waals surface area contributed by atoms with Gasteiger partial charge < -0.3 is 19.9 Å². The third-order valence-electron chi connectivity index (χ3n) is 9.44. The molecule has 2 aliphatic rings. The number of fused-ring (bicyclic) bond motifs is 2. The van der Waals surface area contributed by atoms with E-state index in [4.69, 9.17) is 9.47 Å². The van der Waals surface area contributed by atoms with Gasteiger partial charge in [0.1, 0.15) is 28.0 Å². The van der Waals surface area contributed by atoms with Crippen LogP contribution in [0.2, 0.25) is 18.1 Å². The van der Waals surface area contributed by atoms with Crippen molar-refractivity contribution in [3.8, 4) is 0 Å². The summed E-state index contributed by atoms with van der Waals surface area (Å²) in [4.78, 5) is 14.3. The van der Waals surface area contributed by atoms with Crippen LogP contribution in [0.25, 0.3) is 0 Å². The lowest BCUT2D eigenvalue weighted by atomic mass is 9.99. The van der Waals surface area contributed by atoms with Crippen molar-refractivity contribution in [2.75, 3.05) is 25.1 Å². The van der Waals surface area contributed by atoms with Crippen LogP contribution in [-0.4, -0.2) is 43.4 Å². The van der Waals surface area contributed by atoms with Gasteiger partial charge in [0.05, 0.1) is 26.4 Å². The Morgan fingerprint density at radius 3 is 2.22 bits per heavy atom. The van der Waals surface area contributed by atoms with Crippen molar-refractivity contribution in [1.29, 1.82) is 0 Å². The van der Waals surface area contributed by atoms with E-state index in [9.17, 15) is 14.1 Å². The predicted octanol–water partition coefficient (Wildman–Crippen LogP) is 7.74. The van der Waals surface area contributed by atoms with Crippen LogP contribution < -0.4 is 9.70 Å². The molecule has 250 valence electrons. The van der Waals surface area contributed by atoms with Crippen LogP contribution in [0.1, 0.15) is 73.2 Å². The molecular formula is C35H49N3O5S2Si. The van der Waals surface area contributed by atoms with Crippen LogP contribution in [0.5, 0.6) is 0 Å². The van der Waals surface area contributed by atoms with E-state index in [2.05, 4.69) is 54.0 Å². The molecule has 3 N–H and O–H groups in total. The van der Waals surface area contributed by atoms with Gasteiger partial charge in [-0.1, -0.05) is 70.3 Å². The molecular weight excluding hydrogens is 635 g/mol. The van der Waals surface area contributed by atoms with Gasteiger partial charge >= 0.3 is 6.03 Å². The molecule has 0 bridgehead atoms. The van der Waals surface area contributed by atoms with Crippen molar-refractivity contribution in [3.63, 3.8) is 0 Å². The summed E-state index contributed by atoms with van der Waals surface area (Å²) in [5, 5.41) is 14.3. The molecule has 2 aliphatic carbocycles. The SMILES string of the molecule is CC(O)(COCCOCc1ccccc1)c1ccc(S(=O)(=NC(=O)Nc2c3c(cc4c2CCC4)CCC3)N[Si](C)(C)C(C)(C)C)s1. The van der Waals surface area contributed by atoms with E-state index in [0.717, 1.165) is 49.8 Å². The molecule has 2 amide bonds. The number of carbonyl (C=O) groups excluding carboxylic acids is 1. The predicted molar refractivity (Wildman–Crippen MR) is 189 cm³/mol. The second-order valence-corrected chi connectivity index (χ2v) is 22.8. The highest BCUT2D eigenvalue weighted by Crippen LogP contribution is 2.40. The second-order valence-electron chi connectivity index (χ2n) is 14.2. The Morgan fingerprint density at radius 2 is 1.59 bits per heavy atom. The van der Waals surface area contributed by atoms with Gasteiger partial charge in [-0.15, -0.1) is 15.7 Å². The number of hydrogen-bond acceptors (Lipinski definition) is 6. The lowest BCUT2D eigenvalue weighted by Crippen LogP contribution is -2.54. The molecule has 11 heteroatoms. The van der Waals surface area contributed by atoms with Gasteiger partial charge in [0.2, 0.25) is 0 Å². The summed E-state index contributed by atoms with van der Waals surface area (Å²) >= 11 is 1.20. The third kappa shape index (κ3) is 8.00. The Morgan fingerprint density at radius 1 is 0.957 bits per heavy atom. The Hall–Kier alpha value is -2.38. The molecule has 46 heavy (non-hydrogen) atoms. The number of amides is 2. The van der Waals surface area contributed by atoms with Gasteiger partial charge in [0, 0.05) is 10.6 Å². The Bertz CT molecular complexity index is 1640. The first-order valence-corrected chi connectivity index (χ1v) is 21.6. The van der Waals surface area contributed by atoms with Crippen LogP contribution in [0.15, 0.2) is 57.1 Å². The first-order valence-electron chi connectivity index (χ1n) is 16.2. The number of benzene rings is 2. The minimum absolute atomic E-state index is 0.0420. The van der Waals surface area contributed by atoms with Crippen LogP contribution in [0, 0.1) is 0 Å². The number of hydrogen-bond donors (Lipinski definition) is 3. The zero-order chi connectivity index (χ0) is 33.2. The number of carbonyl (C=O) groups is 1. The Kier molecular flexibility index (Phi) is 10.6. The molecule has 2 aromatic carbocycles. The largest absolute Gasteiger partial charge is 0.382 e. The van der Waals surface area contributed by atoms with E-state index < -0.39 is 29.8 Å². The molecule has 0 fully saturated rings. The van der Waals surface area contributed by atoms with Gasteiger partial charge in [-0.05, 0) is 90.4 Å². The highest BCUT2D eigenvalue weighted by Gasteiger charge is 2.40. The highest BCUT2D eigenvalue weighted by atomic mass is 32.2. The number of aliphatic hydroxyl groups is 1. The van der Waals surface area contributed by atoms with Crippen molar-refractivity contribution < 1.29 is 23.6 Å². The zero-order valence-electron chi connectivity index (χ0n) is 28.0. The molecule has 0 radical (unpaired) electrons. The summed E-state index contributed by atoms with van der Waals surface area (Å²) in [7, 11) is -5.79. The number of anilines is 1. The number of aryl methyl sites for hydroxylation is 2. The second kappa shape index (κ2) is 14.0. The molecule has 0 saturated carbocycles. The molecule has 0 aliphatic heterocycles. The van der Waals surface area contributed by atoms with Gasteiger partial charge in [0.25, 0.3) is 0 Å². The van der Waals surface area contributed by atoms with Crippen LogP contribution >= 0.6 is 11.3 Å². The first kappa shape index (κ1) is 34.9. The fraction of sp³-hybridized carbons (Fsp3) is 0.514. The molecule has 5 rings (SSSR count). The lowest BCUT2D eigenvalue weighted by Gasteiger charge is -2.37. The van der Waals surface area contributed by atoms with Crippen LogP contribution in [0.4, 0.5) is 10.5 Å². The lowest BCUT2D eigenvalue weighted by molar-refractivity contribution is -0.0508. The van der Waals surface area contributed by atoms with E-state index in [-0.39, 0.29) is 11.6 Å². The standard InChI is InChI=1S/C35H49N3O5S2Si/c1-34(2,3)46(5,6)38-45(41,37-33(39)36-32-28-16-10-14-26(28)22-27-15-11-17-29(27)32)31-19-18-30(44-31)35(4,40)24-43-21-20-42-23-25-12-8-7-9-13-25/h7-9,12-13,18-19,22,40H,10-11,14-17,20-21,23-24H2,1-6H3,(H2,36,37,38,39,41). The normalized spacial score (nSPS) is 17.2. The molecule has 2 unspecified atom stereocenters. The maximum absolute atomic E-state index is 14.9. The van der Waals surface area contributed by atoms with E-state index in [1.165, 1.54) is 33.6 Å². The fourth-order valence-corrected chi connectivity index (χ4v) is 13.0. The van der Waals surface area contributed by atoms with Gasteiger partial charge in [-0.25, -0.2) is 13.4 Å². The first-order chi connectivity index (χ1) is 21.7. The maximum atomic E-state index is 14.9. The summed E-state index contributed by atoms with van der Waals surface area (Å²) in [6.07, 6.45) is 6.05. The van der Waals surface area contributed by atoms with Gasteiger partial charge in [-0.2, -0.15) is 0 Å². The smallest absolute Gasteiger partial charge is 0.354 e. The van der Waals surface area contributed by atoms with E-state index >= 15 is 0 Å². The summed E-state index contributed by atoms with van der Waals surface area (Å²) in [5.74, 6) is 0. The maximum Gasteiger partial charge on any atom is 0.354 e. The van der Waals surface area contributed by atoms with Gasteiger partial charge in [-0.3, -0.25) is 0 Å². The molecule has 2 atom stereocenters. The molecule has 0 spiro atoms. The zero-order valence-corrected chi connectivity index (χ0v) is 30.7. The molecule has 0 saturated heterocycles. The number of rotatable bonds is 12. The summed E-state index contributed by atoms with van der Waals surface area (Å²) in [6, 6.07) is 15.1. The van der Waals surface area contributed by atoms with Crippen molar-refractivity contribution in [2.24, 2.45) is 4.36 Å². The number of ether oxygens (including phenoxy) is 2. The minimum Gasteiger partial charge on any atom is -0.382 e.